The van der Waals surface area contributed by atoms with E-state index >= 15 is 0 Å². The predicted molar refractivity (Wildman–Crippen MR) is 65.6 cm³/mol. The third-order valence-electron chi connectivity index (χ3n) is 2.93. The second-order valence-electron chi connectivity index (χ2n) is 4.56. The normalized spacial score (nSPS) is 25.3. The van der Waals surface area contributed by atoms with Gasteiger partial charge in [-0.25, -0.2) is 0 Å². The summed E-state index contributed by atoms with van der Waals surface area (Å²) >= 11 is 0. The van der Waals surface area contributed by atoms with E-state index in [2.05, 4.69) is 25.8 Å². The quantitative estimate of drug-likeness (QED) is 0.651. The molecule has 1 nitrogen and oxygen atoms in total. The van der Waals surface area contributed by atoms with Gasteiger partial charge in [-0.2, -0.15) is 0 Å². The van der Waals surface area contributed by atoms with Crippen LogP contribution in [0.4, 0.5) is 0 Å². The number of nitrogens with zero attached hydrogens (tertiary/aromatic N) is 1. The van der Waals surface area contributed by atoms with Crippen molar-refractivity contribution < 1.29 is 0 Å². The molecule has 0 atom stereocenters. The maximum absolute atomic E-state index is 2.50. The van der Waals surface area contributed by atoms with Crippen LogP contribution in [0.5, 0.6) is 0 Å². The number of hydrogen-bond acceptors (Lipinski definition) is 1. The lowest BCUT2D eigenvalue weighted by atomic mass is 9.76. The van der Waals surface area contributed by atoms with Gasteiger partial charge in [0.25, 0.3) is 0 Å². The van der Waals surface area contributed by atoms with Crippen LogP contribution in [0.25, 0.3) is 0 Å². The van der Waals surface area contributed by atoms with Crippen molar-refractivity contribution in [3.05, 3.63) is 0 Å². The minimum absolute atomic E-state index is 1.01. The maximum Gasteiger partial charge on any atom is 0.000681 e. The van der Waals surface area contributed by atoms with Crippen molar-refractivity contribution in [3.8, 4) is 0 Å². The SMILES string of the molecule is CC.CCCCN(C)CC1CC(C)C1. The highest BCUT2D eigenvalue weighted by atomic mass is 15.1. The molecule has 86 valence electrons. The lowest BCUT2D eigenvalue weighted by Crippen LogP contribution is -2.33. The van der Waals surface area contributed by atoms with Gasteiger partial charge in [-0.3, -0.25) is 0 Å². The molecule has 1 fully saturated rings. The van der Waals surface area contributed by atoms with Crippen molar-refractivity contribution in [2.24, 2.45) is 11.8 Å². The zero-order valence-electron chi connectivity index (χ0n) is 10.8. The van der Waals surface area contributed by atoms with E-state index in [1.165, 1.54) is 38.8 Å². The molecule has 1 aliphatic rings. The number of rotatable bonds is 5. The smallest absolute Gasteiger partial charge is 0.000681 e. The average molecular weight is 199 g/mol. The summed E-state index contributed by atoms with van der Waals surface area (Å²) in [5, 5.41) is 0. The van der Waals surface area contributed by atoms with Crippen molar-refractivity contribution in [2.45, 2.75) is 53.4 Å². The Morgan fingerprint density at radius 3 is 2.21 bits per heavy atom. The third-order valence-corrected chi connectivity index (χ3v) is 2.93. The summed E-state index contributed by atoms with van der Waals surface area (Å²) in [6, 6.07) is 0. The Bertz CT molecular complexity index is 116. The topological polar surface area (TPSA) is 3.24 Å². The number of unbranched alkanes of at least 4 members (excludes halogenated alkanes) is 1. The van der Waals surface area contributed by atoms with Crippen LogP contribution >= 0.6 is 0 Å². The summed E-state index contributed by atoms with van der Waals surface area (Å²) in [7, 11) is 2.26. The van der Waals surface area contributed by atoms with Gasteiger partial charge in [-0.15, -0.1) is 0 Å². The molecule has 1 rings (SSSR count). The molecular weight excluding hydrogens is 170 g/mol. The standard InChI is InChI=1S/C11H23N.C2H6/c1-4-5-6-12(3)9-11-7-10(2)8-11;1-2/h10-11H,4-9H2,1-3H3;1-2H3. The third kappa shape index (κ3) is 5.64. The average Bonchev–Trinajstić information content (AvgIpc) is 2.15. The molecule has 0 unspecified atom stereocenters. The summed E-state index contributed by atoms with van der Waals surface area (Å²) < 4.78 is 0. The van der Waals surface area contributed by atoms with Crippen LogP contribution in [0.3, 0.4) is 0 Å². The molecule has 0 aromatic carbocycles. The summed E-state index contributed by atoms with van der Waals surface area (Å²) in [4.78, 5) is 2.50. The lowest BCUT2D eigenvalue weighted by molar-refractivity contribution is 0.150. The van der Waals surface area contributed by atoms with Gasteiger partial charge >= 0.3 is 0 Å². The minimum atomic E-state index is 1.01. The molecule has 0 aromatic heterocycles. The first-order valence-electron chi connectivity index (χ1n) is 6.41. The Hall–Kier alpha value is -0.0400. The van der Waals surface area contributed by atoms with Crippen molar-refractivity contribution in [1.82, 2.24) is 4.90 Å². The Morgan fingerprint density at radius 2 is 1.79 bits per heavy atom. The van der Waals surface area contributed by atoms with Gasteiger partial charge in [0.05, 0.1) is 0 Å². The van der Waals surface area contributed by atoms with E-state index < -0.39 is 0 Å². The Morgan fingerprint density at radius 1 is 1.21 bits per heavy atom. The van der Waals surface area contributed by atoms with Crippen molar-refractivity contribution in [2.75, 3.05) is 20.1 Å². The number of hydrogen-bond donors (Lipinski definition) is 0. The van der Waals surface area contributed by atoms with Crippen LogP contribution < -0.4 is 0 Å². The van der Waals surface area contributed by atoms with Crippen LogP contribution in [0.1, 0.15) is 53.4 Å². The van der Waals surface area contributed by atoms with Gasteiger partial charge < -0.3 is 4.90 Å². The van der Waals surface area contributed by atoms with Gasteiger partial charge in [0.15, 0.2) is 0 Å². The van der Waals surface area contributed by atoms with Gasteiger partial charge in [0, 0.05) is 6.54 Å². The highest BCUT2D eigenvalue weighted by Crippen LogP contribution is 2.33. The van der Waals surface area contributed by atoms with Crippen molar-refractivity contribution in [1.29, 1.82) is 0 Å². The van der Waals surface area contributed by atoms with E-state index in [0.29, 0.717) is 0 Å². The van der Waals surface area contributed by atoms with Crippen LogP contribution in [-0.2, 0) is 0 Å². The first-order chi connectivity index (χ1) is 6.72. The summed E-state index contributed by atoms with van der Waals surface area (Å²) in [5.74, 6) is 2.02. The molecular formula is C13H29N. The first-order valence-corrected chi connectivity index (χ1v) is 6.41. The molecule has 0 radical (unpaired) electrons. The maximum atomic E-state index is 2.50. The molecule has 0 N–H and O–H groups in total. The monoisotopic (exact) mass is 199 g/mol. The van der Waals surface area contributed by atoms with Gasteiger partial charge in [-0.05, 0) is 44.7 Å². The first kappa shape index (κ1) is 14.0. The molecule has 0 aliphatic heterocycles. The van der Waals surface area contributed by atoms with E-state index in [0.717, 1.165) is 11.8 Å². The van der Waals surface area contributed by atoms with E-state index in [4.69, 9.17) is 0 Å². The summed E-state index contributed by atoms with van der Waals surface area (Å²) in [6.45, 7) is 11.3. The zero-order valence-corrected chi connectivity index (χ0v) is 10.8. The fourth-order valence-corrected chi connectivity index (χ4v) is 2.18. The van der Waals surface area contributed by atoms with Crippen LogP contribution in [0.15, 0.2) is 0 Å². The Balaban J connectivity index is 0.000000791. The molecule has 0 saturated heterocycles. The fraction of sp³-hybridized carbons (Fsp3) is 1.00. The lowest BCUT2D eigenvalue weighted by Gasteiger charge is -2.35. The molecule has 0 heterocycles. The molecule has 0 aromatic rings. The highest BCUT2D eigenvalue weighted by molar-refractivity contribution is 4.78. The second kappa shape index (κ2) is 8.28. The van der Waals surface area contributed by atoms with Crippen LogP contribution in [0, 0.1) is 11.8 Å². The molecule has 1 aliphatic carbocycles. The summed E-state index contributed by atoms with van der Waals surface area (Å²) in [6.07, 6.45) is 5.62. The molecule has 0 amide bonds. The predicted octanol–water partition coefficient (Wildman–Crippen LogP) is 3.79. The molecule has 1 saturated carbocycles. The van der Waals surface area contributed by atoms with Crippen molar-refractivity contribution in [3.63, 3.8) is 0 Å². The van der Waals surface area contributed by atoms with Crippen LogP contribution in [-0.4, -0.2) is 25.0 Å². The van der Waals surface area contributed by atoms with E-state index in [1.807, 2.05) is 13.8 Å². The molecule has 1 heteroatoms. The van der Waals surface area contributed by atoms with Crippen LogP contribution in [0.2, 0.25) is 0 Å². The zero-order chi connectivity index (χ0) is 11.0. The van der Waals surface area contributed by atoms with Gasteiger partial charge in [0.2, 0.25) is 0 Å². The molecule has 14 heavy (non-hydrogen) atoms. The minimum Gasteiger partial charge on any atom is -0.306 e. The van der Waals surface area contributed by atoms with E-state index in [-0.39, 0.29) is 0 Å². The largest absolute Gasteiger partial charge is 0.306 e. The van der Waals surface area contributed by atoms with Crippen molar-refractivity contribution >= 4 is 0 Å². The van der Waals surface area contributed by atoms with Gasteiger partial charge in [-0.1, -0.05) is 34.1 Å². The Labute approximate surface area is 90.9 Å². The molecule has 0 bridgehead atoms. The molecule has 0 spiro atoms. The van der Waals surface area contributed by atoms with E-state index in [1.54, 1.807) is 0 Å². The fourth-order valence-electron chi connectivity index (χ4n) is 2.18. The summed E-state index contributed by atoms with van der Waals surface area (Å²) in [5.41, 5.74) is 0. The Kier molecular flexibility index (Phi) is 8.26. The highest BCUT2D eigenvalue weighted by Gasteiger charge is 2.25. The van der Waals surface area contributed by atoms with E-state index in [9.17, 15) is 0 Å². The second-order valence-corrected chi connectivity index (χ2v) is 4.56. The van der Waals surface area contributed by atoms with Gasteiger partial charge in [0.1, 0.15) is 0 Å².